The Hall–Kier alpha value is -0.580. The summed E-state index contributed by atoms with van der Waals surface area (Å²) in [6.07, 6.45) is 2.71. The van der Waals surface area contributed by atoms with Crippen LogP contribution in [0.15, 0.2) is 5.11 Å². The fourth-order valence-corrected chi connectivity index (χ4v) is 2.19. The van der Waals surface area contributed by atoms with Crippen molar-refractivity contribution in [2.24, 2.45) is 10.5 Å². The van der Waals surface area contributed by atoms with Crippen molar-refractivity contribution in [3.8, 4) is 0 Å². The van der Waals surface area contributed by atoms with Gasteiger partial charge < -0.3 is 4.55 Å². The number of hydrogen-bond acceptors (Lipinski definition) is 2. The third-order valence-corrected chi connectivity index (χ3v) is 3.05. The molecule has 0 amide bonds. The molecule has 5 nitrogen and oxygen atoms in total. The Kier molecular flexibility index (Phi) is 3.08. The summed E-state index contributed by atoms with van der Waals surface area (Å²) < 4.78 is 19.1. The minimum Gasteiger partial charge on any atom is -0.306 e. The maximum absolute atomic E-state index is 10.5. The maximum atomic E-state index is 10.5. The molecule has 1 unspecified atom stereocenters. The van der Waals surface area contributed by atoms with Gasteiger partial charge in [-0.25, -0.2) is 4.21 Å². The average Bonchev–Trinajstić information content (AvgIpc) is 2.69. The fraction of sp³-hybridized carbons (Fsp3) is 1.00. The van der Waals surface area contributed by atoms with Crippen molar-refractivity contribution in [3.05, 3.63) is 10.4 Å². The summed E-state index contributed by atoms with van der Waals surface area (Å²) >= 11 is -1.71. The molecular formula is C6H11N3O2S. The Morgan fingerprint density at radius 3 is 2.75 bits per heavy atom. The van der Waals surface area contributed by atoms with Gasteiger partial charge in [-0.3, -0.25) is 0 Å². The zero-order chi connectivity index (χ0) is 9.03. The minimum atomic E-state index is -1.71. The van der Waals surface area contributed by atoms with Crippen molar-refractivity contribution in [2.45, 2.75) is 19.3 Å². The van der Waals surface area contributed by atoms with E-state index in [0.717, 1.165) is 19.3 Å². The summed E-state index contributed by atoms with van der Waals surface area (Å²) in [5, 5.41) is 3.40. The Morgan fingerprint density at radius 1 is 1.67 bits per heavy atom. The Morgan fingerprint density at radius 2 is 2.33 bits per heavy atom. The number of nitrogens with zero attached hydrogens (tertiary/aromatic N) is 3. The topological polar surface area (TPSA) is 86.1 Å². The third-order valence-electron chi connectivity index (χ3n) is 2.19. The van der Waals surface area contributed by atoms with Crippen LogP contribution < -0.4 is 0 Å². The van der Waals surface area contributed by atoms with E-state index in [1.54, 1.807) is 0 Å². The molecule has 6 heteroatoms. The van der Waals surface area contributed by atoms with Gasteiger partial charge in [-0.1, -0.05) is 5.11 Å². The zero-order valence-electron chi connectivity index (χ0n) is 6.64. The van der Waals surface area contributed by atoms with E-state index in [0.29, 0.717) is 12.3 Å². The molecule has 12 heavy (non-hydrogen) atoms. The molecule has 1 aliphatic carbocycles. The van der Waals surface area contributed by atoms with Crippen molar-refractivity contribution in [3.63, 3.8) is 0 Å². The van der Waals surface area contributed by atoms with E-state index < -0.39 is 11.1 Å². The molecule has 0 aromatic carbocycles. The predicted molar refractivity (Wildman–Crippen MR) is 45.9 cm³/mol. The molecule has 0 aliphatic heterocycles. The van der Waals surface area contributed by atoms with Gasteiger partial charge in [0.2, 0.25) is 0 Å². The summed E-state index contributed by atoms with van der Waals surface area (Å²) in [5.74, 6) is 0.327. The standard InChI is InChI=1S/C6H11N3O2S/c7-9-8-4-3-6(1-2-6)5-12(10)11/h1-5H2,(H,10,11). The first-order chi connectivity index (χ1) is 5.68. The molecule has 0 bridgehead atoms. The second-order valence-corrected chi connectivity index (χ2v) is 4.10. The van der Waals surface area contributed by atoms with E-state index in [1.165, 1.54) is 0 Å². The molecule has 0 aromatic heterocycles. The van der Waals surface area contributed by atoms with Crippen LogP contribution in [0.2, 0.25) is 0 Å². The Labute approximate surface area is 73.1 Å². The zero-order valence-corrected chi connectivity index (χ0v) is 7.46. The molecule has 1 N–H and O–H groups in total. The van der Waals surface area contributed by atoms with E-state index in [2.05, 4.69) is 10.0 Å². The highest BCUT2D eigenvalue weighted by atomic mass is 32.2. The van der Waals surface area contributed by atoms with E-state index in [1.807, 2.05) is 0 Å². The quantitative estimate of drug-likeness (QED) is 0.309. The van der Waals surface area contributed by atoms with E-state index >= 15 is 0 Å². The van der Waals surface area contributed by atoms with Gasteiger partial charge in [0, 0.05) is 11.5 Å². The van der Waals surface area contributed by atoms with Crippen LogP contribution >= 0.6 is 0 Å². The predicted octanol–water partition coefficient (Wildman–Crippen LogP) is 1.69. The summed E-state index contributed by atoms with van der Waals surface area (Å²) in [7, 11) is 0. The van der Waals surface area contributed by atoms with Crippen LogP contribution in [0.3, 0.4) is 0 Å². The van der Waals surface area contributed by atoms with Crippen molar-refractivity contribution in [2.75, 3.05) is 12.3 Å². The molecule has 1 saturated carbocycles. The second-order valence-electron chi connectivity index (χ2n) is 3.17. The van der Waals surface area contributed by atoms with Crippen LogP contribution in [0.25, 0.3) is 10.4 Å². The molecule has 0 heterocycles. The lowest BCUT2D eigenvalue weighted by Crippen LogP contribution is -2.12. The van der Waals surface area contributed by atoms with Gasteiger partial charge >= 0.3 is 0 Å². The Balaban J connectivity index is 2.29. The second kappa shape index (κ2) is 3.89. The molecule has 1 fully saturated rings. The van der Waals surface area contributed by atoms with Crippen LogP contribution in [-0.2, 0) is 11.1 Å². The highest BCUT2D eigenvalue weighted by Crippen LogP contribution is 2.49. The minimum absolute atomic E-state index is 0.00774. The largest absolute Gasteiger partial charge is 0.306 e. The lowest BCUT2D eigenvalue weighted by Gasteiger charge is -2.09. The molecule has 0 radical (unpaired) electrons. The smallest absolute Gasteiger partial charge is 0.153 e. The van der Waals surface area contributed by atoms with E-state index in [-0.39, 0.29) is 5.41 Å². The Bertz CT molecular complexity index is 233. The van der Waals surface area contributed by atoms with Gasteiger partial charge in [0.25, 0.3) is 0 Å². The molecule has 0 aromatic rings. The molecule has 0 spiro atoms. The number of azide groups is 1. The van der Waals surface area contributed by atoms with Gasteiger partial charge in [0.1, 0.15) is 0 Å². The van der Waals surface area contributed by atoms with Gasteiger partial charge in [-0.2, -0.15) is 0 Å². The summed E-state index contributed by atoms with van der Waals surface area (Å²) in [6.45, 7) is 0.438. The van der Waals surface area contributed by atoms with Gasteiger partial charge in [-0.15, -0.1) is 0 Å². The van der Waals surface area contributed by atoms with Crippen LogP contribution in [0.1, 0.15) is 19.3 Å². The fourth-order valence-electron chi connectivity index (χ4n) is 1.24. The molecular weight excluding hydrogens is 178 g/mol. The van der Waals surface area contributed by atoms with E-state index in [4.69, 9.17) is 10.1 Å². The molecule has 1 aliphatic rings. The molecule has 1 atom stereocenters. The van der Waals surface area contributed by atoms with Crippen LogP contribution in [0.4, 0.5) is 0 Å². The first-order valence-corrected chi connectivity index (χ1v) is 5.04. The number of hydrogen-bond donors (Lipinski definition) is 1. The van der Waals surface area contributed by atoms with E-state index in [9.17, 15) is 4.21 Å². The maximum Gasteiger partial charge on any atom is 0.153 e. The van der Waals surface area contributed by atoms with Crippen LogP contribution in [-0.4, -0.2) is 21.1 Å². The number of rotatable bonds is 5. The van der Waals surface area contributed by atoms with Crippen molar-refractivity contribution in [1.82, 2.24) is 0 Å². The summed E-state index contributed by atoms with van der Waals surface area (Å²) in [5.41, 5.74) is 8.02. The van der Waals surface area contributed by atoms with Crippen molar-refractivity contribution < 1.29 is 8.76 Å². The first-order valence-electron chi connectivity index (χ1n) is 3.77. The SMILES string of the molecule is [N-]=[N+]=NCCC1(CS(=O)O)CC1. The third kappa shape index (κ3) is 2.81. The first kappa shape index (κ1) is 9.51. The normalized spacial score (nSPS) is 21.1. The molecule has 1 rings (SSSR count). The van der Waals surface area contributed by atoms with Crippen molar-refractivity contribution in [1.29, 1.82) is 0 Å². The lowest BCUT2D eigenvalue weighted by molar-refractivity contribution is 0.497. The van der Waals surface area contributed by atoms with Crippen LogP contribution in [0, 0.1) is 5.41 Å². The van der Waals surface area contributed by atoms with Crippen molar-refractivity contribution >= 4 is 11.1 Å². The van der Waals surface area contributed by atoms with Gasteiger partial charge in [0.05, 0.1) is 5.75 Å². The van der Waals surface area contributed by atoms with Crippen LogP contribution in [0.5, 0.6) is 0 Å². The van der Waals surface area contributed by atoms with Gasteiger partial charge in [-0.05, 0) is 30.2 Å². The summed E-state index contributed by atoms with van der Waals surface area (Å²) in [4.78, 5) is 2.63. The lowest BCUT2D eigenvalue weighted by atomic mass is 10.1. The highest BCUT2D eigenvalue weighted by molar-refractivity contribution is 7.79. The molecule has 0 saturated heterocycles. The average molecular weight is 189 g/mol. The monoisotopic (exact) mass is 189 g/mol. The summed E-state index contributed by atoms with van der Waals surface area (Å²) in [6, 6.07) is 0. The van der Waals surface area contributed by atoms with Gasteiger partial charge in [0.15, 0.2) is 11.1 Å². The highest BCUT2D eigenvalue weighted by Gasteiger charge is 2.42. The molecule has 68 valence electrons.